The normalized spacial score (nSPS) is 15.9. The van der Waals surface area contributed by atoms with Gasteiger partial charge in [-0.15, -0.1) is 0 Å². The highest BCUT2D eigenvalue weighted by Crippen LogP contribution is 2.19. The van der Waals surface area contributed by atoms with Gasteiger partial charge in [0.1, 0.15) is 0 Å². The molecule has 0 aliphatic carbocycles. The largest absolute Gasteiger partial charge is 0.397 e. The van der Waals surface area contributed by atoms with Gasteiger partial charge in [0.05, 0.1) is 23.3 Å². The van der Waals surface area contributed by atoms with Crippen molar-refractivity contribution in [2.45, 2.75) is 12.8 Å². The van der Waals surface area contributed by atoms with Crippen LogP contribution in [-0.4, -0.2) is 42.0 Å². The van der Waals surface area contributed by atoms with E-state index in [2.05, 4.69) is 10.3 Å². The van der Waals surface area contributed by atoms with Crippen molar-refractivity contribution in [3.8, 4) is 0 Å². The summed E-state index contributed by atoms with van der Waals surface area (Å²) in [5, 5.41) is 4.31. The summed E-state index contributed by atoms with van der Waals surface area (Å²) in [6.07, 6.45) is 1.34. The average molecular weight is 284 g/mol. The number of fused-ring (bicyclic) bond motifs is 1. The molecule has 110 valence electrons. The van der Waals surface area contributed by atoms with Gasteiger partial charge in [-0.2, -0.15) is 0 Å². The molecule has 1 amide bonds. The van der Waals surface area contributed by atoms with Gasteiger partial charge in [0.25, 0.3) is 0 Å². The lowest BCUT2D eigenvalue weighted by Crippen LogP contribution is -2.35. The topological polar surface area (TPSA) is 71.2 Å². The van der Waals surface area contributed by atoms with Crippen LogP contribution in [0.4, 0.5) is 5.69 Å². The van der Waals surface area contributed by atoms with E-state index in [0.29, 0.717) is 12.1 Å². The predicted molar refractivity (Wildman–Crippen MR) is 83.9 cm³/mol. The molecule has 0 saturated carbocycles. The van der Waals surface area contributed by atoms with Crippen LogP contribution in [-0.2, 0) is 11.2 Å². The second-order valence-corrected chi connectivity index (χ2v) is 5.38. The number of nitrogens with one attached hydrogen (secondary N) is 1. The van der Waals surface area contributed by atoms with Gasteiger partial charge in [-0.3, -0.25) is 9.78 Å². The summed E-state index contributed by atoms with van der Waals surface area (Å²) in [5.41, 5.74) is 8.17. The summed E-state index contributed by atoms with van der Waals surface area (Å²) >= 11 is 0. The van der Waals surface area contributed by atoms with E-state index in [0.717, 1.165) is 49.2 Å². The molecule has 1 aliphatic heterocycles. The Morgan fingerprint density at radius 2 is 2.14 bits per heavy atom. The van der Waals surface area contributed by atoms with Crippen LogP contribution in [0.15, 0.2) is 30.3 Å². The number of hydrogen-bond acceptors (Lipinski definition) is 4. The Morgan fingerprint density at radius 3 is 3.05 bits per heavy atom. The molecule has 21 heavy (non-hydrogen) atoms. The molecule has 1 aromatic heterocycles. The highest BCUT2D eigenvalue weighted by Gasteiger charge is 2.16. The smallest absolute Gasteiger partial charge is 0.228 e. The molecule has 1 aliphatic rings. The van der Waals surface area contributed by atoms with Crippen LogP contribution in [0.5, 0.6) is 0 Å². The Bertz CT molecular complexity index is 648. The third-order valence-corrected chi connectivity index (χ3v) is 3.83. The first-order chi connectivity index (χ1) is 10.2. The van der Waals surface area contributed by atoms with Crippen molar-refractivity contribution in [1.29, 1.82) is 0 Å². The molecule has 3 rings (SSSR count). The fourth-order valence-corrected chi connectivity index (χ4v) is 2.67. The summed E-state index contributed by atoms with van der Waals surface area (Å²) in [5.74, 6) is 0.139. The van der Waals surface area contributed by atoms with E-state index in [1.54, 1.807) is 0 Å². The van der Waals surface area contributed by atoms with E-state index in [1.807, 2.05) is 35.2 Å². The van der Waals surface area contributed by atoms with Crippen molar-refractivity contribution in [3.63, 3.8) is 0 Å². The molecule has 1 fully saturated rings. The summed E-state index contributed by atoms with van der Waals surface area (Å²) in [4.78, 5) is 18.8. The van der Waals surface area contributed by atoms with Crippen molar-refractivity contribution >= 4 is 22.5 Å². The number of para-hydroxylation sites is 1. The molecule has 5 heteroatoms. The molecule has 0 radical (unpaired) electrons. The fourth-order valence-electron chi connectivity index (χ4n) is 2.67. The summed E-state index contributed by atoms with van der Waals surface area (Å²) in [6, 6.07) is 9.61. The number of pyridine rings is 1. The van der Waals surface area contributed by atoms with Gasteiger partial charge in [-0.05, 0) is 25.1 Å². The number of carbonyl (C=O) groups is 1. The Labute approximate surface area is 124 Å². The first kappa shape index (κ1) is 13.8. The highest BCUT2D eigenvalue weighted by molar-refractivity contribution is 5.89. The van der Waals surface area contributed by atoms with Gasteiger partial charge in [0.15, 0.2) is 0 Å². The minimum absolute atomic E-state index is 0.139. The van der Waals surface area contributed by atoms with E-state index in [-0.39, 0.29) is 5.91 Å². The van der Waals surface area contributed by atoms with Crippen LogP contribution in [0.1, 0.15) is 12.1 Å². The van der Waals surface area contributed by atoms with E-state index < -0.39 is 0 Å². The highest BCUT2D eigenvalue weighted by atomic mass is 16.2. The average Bonchev–Trinajstić information content (AvgIpc) is 2.77. The van der Waals surface area contributed by atoms with Crippen LogP contribution in [0.25, 0.3) is 10.9 Å². The van der Waals surface area contributed by atoms with Crippen molar-refractivity contribution < 1.29 is 4.79 Å². The number of carbonyl (C=O) groups excluding carboxylic acids is 1. The fraction of sp³-hybridized carbons (Fsp3) is 0.375. The van der Waals surface area contributed by atoms with Gasteiger partial charge in [0.2, 0.25) is 5.91 Å². The molecular formula is C16H20N4O. The number of nitrogens with two attached hydrogens (primary N) is 1. The Hall–Kier alpha value is -2.14. The quantitative estimate of drug-likeness (QED) is 0.812. The monoisotopic (exact) mass is 284 g/mol. The van der Waals surface area contributed by atoms with Gasteiger partial charge in [-0.25, -0.2) is 0 Å². The lowest BCUT2D eigenvalue weighted by molar-refractivity contribution is -0.130. The molecule has 1 aromatic carbocycles. The number of hydrogen-bond donors (Lipinski definition) is 2. The van der Waals surface area contributed by atoms with Gasteiger partial charge < -0.3 is 16.0 Å². The van der Waals surface area contributed by atoms with Gasteiger partial charge in [-0.1, -0.05) is 18.2 Å². The molecular weight excluding hydrogens is 264 g/mol. The summed E-state index contributed by atoms with van der Waals surface area (Å²) in [6.45, 7) is 3.44. The molecule has 2 aromatic rings. The number of benzene rings is 1. The Balaban J connectivity index is 1.77. The van der Waals surface area contributed by atoms with Crippen LogP contribution < -0.4 is 11.1 Å². The number of nitrogens with zero attached hydrogens (tertiary/aromatic N) is 2. The summed E-state index contributed by atoms with van der Waals surface area (Å²) < 4.78 is 0. The number of aromatic nitrogens is 1. The van der Waals surface area contributed by atoms with Gasteiger partial charge in [0, 0.05) is 25.0 Å². The van der Waals surface area contributed by atoms with Crippen molar-refractivity contribution in [3.05, 3.63) is 36.0 Å². The first-order valence-corrected chi connectivity index (χ1v) is 7.36. The van der Waals surface area contributed by atoms with Crippen LogP contribution >= 0.6 is 0 Å². The van der Waals surface area contributed by atoms with E-state index in [1.165, 1.54) is 0 Å². The Kier molecular flexibility index (Phi) is 4.01. The van der Waals surface area contributed by atoms with Gasteiger partial charge >= 0.3 is 0 Å². The summed E-state index contributed by atoms with van der Waals surface area (Å²) in [7, 11) is 0. The van der Waals surface area contributed by atoms with Crippen molar-refractivity contribution in [2.24, 2.45) is 0 Å². The lowest BCUT2D eigenvalue weighted by Gasteiger charge is -2.19. The second kappa shape index (κ2) is 6.10. The van der Waals surface area contributed by atoms with E-state index in [9.17, 15) is 4.79 Å². The molecule has 0 bridgehead atoms. The third-order valence-electron chi connectivity index (χ3n) is 3.83. The van der Waals surface area contributed by atoms with Crippen LogP contribution in [0.2, 0.25) is 0 Å². The van der Waals surface area contributed by atoms with Crippen LogP contribution in [0.3, 0.4) is 0 Å². The van der Waals surface area contributed by atoms with Crippen LogP contribution in [0, 0.1) is 0 Å². The molecule has 5 nitrogen and oxygen atoms in total. The zero-order chi connectivity index (χ0) is 14.7. The zero-order valence-electron chi connectivity index (χ0n) is 12.0. The molecule has 1 saturated heterocycles. The standard InChI is InChI=1S/C16H20N4O/c17-14-4-1-3-12-5-6-13(19-16(12)14)11-15(21)20-9-2-7-18-8-10-20/h1,3-6,18H,2,7-11,17H2. The maximum atomic E-state index is 12.4. The number of anilines is 1. The first-order valence-electron chi connectivity index (χ1n) is 7.36. The van der Waals surface area contributed by atoms with E-state index >= 15 is 0 Å². The minimum Gasteiger partial charge on any atom is -0.397 e. The van der Waals surface area contributed by atoms with Crippen molar-refractivity contribution in [1.82, 2.24) is 15.2 Å². The van der Waals surface area contributed by atoms with E-state index in [4.69, 9.17) is 5.73 Å². The third kappa shape index (κ3) is 3.13. The molecule has 0 atom stereocenters. The predicted octanol–water partition coefficient (Wildman–Crippen LogP) is 1.18. The number of rotatable bonds is 2. The Morgan fingerprint density at radius 1 is 1.24 bits per heavy atom. The maximum Gasteiger partial charge on any atom is 0.228 e. The number of amides is 1. The van der Waals surface area contributed by atoms with Crippen molar-refractivity contribution in [2.75, 3.05) is 31.9 Å². The molecule has 0 spiro atoms. The zero-order valence-corrected chi connectivity index (χ0v) is 12.0. The SMILES string of the molecule is Nc1cccc2ccc(CC(=O)N3CCCNCC3)nc12. The lowest BCUT2D eigenvalue weighted by atomic mass is 10.1. The molecule has 2 heterocycles. The minimum atomic E-state index is 0.139. The molecule has 0 unspecified atom stereocenters. The maximum absolute atomic E-state index is 12.4. The number of nitrogen functional groups attached to an aromatic ring is 1. The molecule has 3 N–H and O–H groups in total. The second-order valence-electron chi connectivity index (χ2n) is 5.38.